The zero-order valence-corrected chi connectivity index (χ0v) is 18.6. The molecule has 0 unspecified atom stereocenters. The zero-order chi connectivity index (χ0) is 21.4. The first-order valence-corrected chi connectivity index (χ1v) is 13.0. The Kier molecular flexibility index (Phi) is 5.77. The van der Waals surface area contributed by atoms with Gasteiger partial charge in [0.1, 0.15) is 10.7 Å². The highest BCUT2D eigenvalue weighted by atomic mass is 32.2. The van der Waals surface area contributed by atoms with Crippen molar-refractivity contribution in [3.05, 3.63) is 24.3 Å². The van der Waals surface area contributed by atoms with Gasteiger partial charge in [0.15, 0.2) is 0 Å². The fraction of sp³-hybridized carbons (Fsp3) is 0.652. The van der Waals surface area contributed by atoms with Gasteiger partial charge in [-0.25, -0.2) is 0 Å². The molecule has 8 heteroatoms. The van der Waals surface area contributed by atoms with Crippen LogP contribution in [0.2, 0.25) is 0 Å². The van der Waals surface area contributed by atoms with Crippen molar-refractivity contribution < 1.29 is 17.9 Å². The number of rotatable bonds is 8. The average molecular weight is 446 g/mol. The van der Waals surface area contributed by atoms with Crippen LogP contribution >= 0.6 is 0 Å². The number of fused-ring (bicyclic) bond motifs is 1. The van der Waals surface area contributed by atoms with Crippen LogP contribution in [0.15, 0.2) is 33.6 Å². The molecule has 31 heavy (non-hydrogen) atoms. The molecule has 0 aromatic heterocycles. The van der Waals surface area contributed by atoms with Gasteiger partial charge in [-0.1, -0.05) is 12.1 Å². The normalized spacial score (nSPS) is 32.1. The molecule has 6 rings (SSSR count). The van der Waals surface area contributed by atoms with Crippen LogP contribution in [0.25, 0.3) is 0 Å². The van der Waals surface area contributed by atoms with Crippen LogP contribution < -0.4 is 10.6 Å². The number of para-hydroxylation sites is 1. The Balaban J connectivity index is 1.01. The minimum Gasteiger partial charge on any atom is -0.378 e. The first-order chi connectivity index (χ1) is 15.0. The van der Waals surface area contributed by atoms with Gasteiger partial charge >= 0.3 is 0 Å². The molecule has 1 aromatic rings. The van der Waals surface area contributed by atoms with Crippen molar-refractivity contribution in [3.8, 4) is 0 Å². The molecule has 4 bridgehead atoms. The quantitative estimate of drug-likeness (QED) is 0.598. The van der Waals surface area contributed by atoms with Crippen molar-refractivity contribution >= 4 is 27.5 Å². The number of benzene rings is 1. The van der Waals surface area contributed by atoms with Gasteiger partial charge in [0, 0.05) is 26.0 Å². The minimum atomic E-state index is -3.70. The Labute approximate surface area is 184 Å². The van der Waals surface area contributed by atoms with E-state index in [9.17, 15) is 13.2 Å². The SMILES string of the molecule is O=C(CCC1=NS(=O)(=O)c2ccccc2N1)NCCCOC1C2CC3CC(C2)CC1C3. The number of amidine groups is 1. The smallest absolute Gasteiger partial charge is 0.286 e. The summed E-state index contributed by atoms with van der Waals surface area (Å²) in [6.45, 7) is 1.27. The number of nitrogens with one attached hydrogen (secondary N) is 2. The van der Waals surface area contributed by atoms with Gasteiger partial charge in [-0.05, 0) is 74.3 Å². The van der Waals surface area contributed by atoms with Gasteiger partial charge < -0.3 is 15.4 Å². The molecule has 0 saturated heterocycles. The molecule has 1 aromatic carbocycles. The van der Waals surface area contributed by atoms with E-state index in [1.165, 1.54) is 38.2 Å². The van der Waals surface area contributed by atoms with Crippen LogP contribution in [0.4, 0.5) is 5.69 Å². The number of sulfonamides is 1. The molecular formula is C23H31N3O4S. The van der Waals surface area contributed by atoms with Crippen molar-refractivity contribution in [2.45, 2.75) is 62.4 Å². The summed E-state index contributed by atoms with van der Waals surface area (Å²) in [6, 6.07) is 6.65. The molecule has 5 aliphatic rings. The lowest BCUT2D eigenvalue weighted by Gasteiger charge is -2.54. The molecule has 1 amide bonds. The second-order valence-corrected chi connectivity index (χ2v) is 11.2. The fourth-order valence-corrected chi connectivity index (χ4v) is 7.44. The third-order valence-corrected chi connectivity index (χ3v) is 8.73. The number of nitrogens with zero attached hydrogens (tertiary/aromatic N) is 1. The molecule has 2 N–H and O–H groups in total. The van der Waals surface area contributed by atoms with Crippen LogP contribution in [0, 0.1) is 23.7 Å². The summed E-state index contributed by atoms with van der Waals surface area (Å²) in [5.41, 5.74) is 0.509. The second-order valence-electron chi connectivity index (χ2n) is 9.60. The number of anilines is 1. The fourth-order valence-electron chi connectivity index (χ4n) is 6.26. The third-order valence-electron chi connectivity index (χ3n) is 7.36. The van der Waals surface area contributed by atoms with E-state index in [0.717, 1.165) is 30.1 Å². The van der Waals surface area contributed by atoms with E-state index in [1.807, 2.05) is 0 Å². The summed E-state index contributed by atoms with van der Waals surface area (Å²) in [6.07, 6.45) is 8.55. The van der Waals surface area contributed by atoms with E-state index in [2.05, 4.69) is 15.0 Å². The third kappa shape index (κ3) is 4.51. The average Bonchev–Trinajstić information content (AvgIpc) is 2.73. The highest BCUT2D eigenvalue weighted by molar-refractivity contribution is 7.90. The van der Waals surface area contributed by atoms with Crippen LogP contribution in [0.5, 0.6) is 0 Å². The van der Waals surface area contributed by atoms with Crippen molar-refractivity contribution in [2.75, 3.05) is 18.5 Å². The largest absolute Gasteiger partial charge is 0.378 e. The van der Waals surface area contributed by atoms with Gasteiger partial charge in [0.25, 0.3) is 10.0 Å². The molecule has 0 atom stereocenters. The van der Waals surface area contributed by atoms with E-state index in [-0.39, 0.29) is 23.6 Å². The summed E-state index contributed by atoms with van der Waals surface area (Å²) in [4.78, 5) is 12.3. The Morgan fingerprint density at radius 3 is 2.55 bits per heavy atom. The van der Waals surface area contributed by atoms with Crippen molar-refractivity contribution in [1.29, 1.82) is 0 Å². The highest BCUT2D eigenvalue weighted by Crippen LogP contribution is 2.54. The standard InChI is InChI=1S/C23H31N3O4S/c27-22(7-6-21-25-19-4-1-2-5-20(19)31(28,29)26-21)24-8-3-9-30-23-17-11-15-10-16(13-17)14-18(23)12-15/h1-2,4-5,15-18,23H,3,6-14H2,(H,24,27)(H,25,26). The van der Waals surface area contributed by atoms with Crippen LogP contribution in [0.3, 0.4) is 0 Å². The van der Waals surface area contributed by atoms with E-state index >= 15 is 0 Å². The molecular weight excluding hydrogens is 414 g/mol. The lowest BCUT2D eigenvalue weighted by Crippen LogP contribution is -2.49. The highest BCUT2D eigenvalue weighted by Gasteiger charge is 2.48. The zero-order valence-electron chi connectivity index (χ0n) is 17.8. The van der Waals surface area contributed by atoms with Crippen molar-refractivity contribution in [1.82, 2.24) is 5.32 Å². The number of ether oxygens (including phenoxy) is 1. The molecule has 0 radical (unpaired) electrons. The first kappa shape index (κ1) is 20.9. The van der Waals surface area contributed by atoms with Crippen LogP contribution in [-0.2, 0) is 19.6 Å². The maximum atomic E-state index is 12.3. The van der Waals surface area contributed by atoms with Crippen LogP contribution in [0.1, 0.15) is 51.4 Å². The summed E-state index contributed by atoms with van der Waals surface area (Å²) in [5.74, 6) is 3.63. The van der Waals surface area contributed by atoms with Crippen molar-refractivity contribution in [3.63, 3.8) is 0 Å². The monoisotopic (exact) mass is 445 g/mol. The minimum absolute atomic E-state index is 0.101. The van der Waals surface area contributed by atoms with Gasteiger partial charge in [-0.2, -0.15) is 8.42 Å². The predicted octanol–water partition coefficient (Wildman–Crippen LogP) is 3.33. The molecule has 1 heterocycles. The van der Waals surface area contributed by atoms with Crippen LogP contribution in [-0.4, -0.2) is 39.4 Å². The maximum Gasteiger partial charge on any atom is 0.286 e. The Morgan fingerprint density at radius 1 is 1.10 bits per heavy atom. The van der Waals surface area contributed by atoms with E-state index in [4.69, 9.17) is 4.74 Å². The van der Waals surface area contributed by atoms with E-state index in [0.29, 0.717) is 30.8 Å². The molecule has 4 aliphatic carbocycles. The molecule has 168 valence electrons. The molecule has 1 aliphatic heterocycles. The Morgan fingerprint density at radius 2 is 1.81 bits per heavy atom. The maximum absolute atomic E-state index is 12.3. The van der Waals surface area contributed by atoms with Gasteiger partial charge in [0.2, 0.25) is 5.91 Å². The number of amides is 1. The van der Waals surface area contributed by atoms with E-state index < -0.39 is 10.0 Å². The number of carbonyl (C=O) groups is 1. The summed E-state index contributed by atoms with van der Waals surface area (Å²) < 4.78 is 34.6. The lowest BCUT2D eigenvalue weighted by atomic mass is 9.55. The molecule has 4 saturated carbocycles. The van der Waals surface area contributed by atoms with Gasteiger partial charge in [-0.3, -0.25) is 4.79 Å². The Bertz CT molecular complexity index is 947. The number of hydrogen-bond donors (Lipinski definition) is 2. The summed E-state index contributed by atoms with van der Waals surface area (Å²) >= 11 is 0. The topological polar surface area (TPSA) is 96.9 Å². The predicted molar refractivity (Wildman–Crippen MR) is 118 cm³/mol. The lowest BCUT2D eigenvalue weighted by molar-refractivity contribution is -0.127. The van der Waals surface area contributed by atoms with Crippen molar-refractivity contribution in [2.24, 2.45) is 28.1 Å². The second kappa shape index (κ2) is 8.54. The van der Waals surface area contributed by atoms with Gasteiger partial charge in [-0.15, -0.1) is 4.40 Å². The first-order valence-electron chi connectivity index (χ1n) is 11.6. The van der Waals surface area contributed by atoms with E-state index in [1.54, 1.807) is 18.2 Å². The number of hydrogen-bond acceptors (Lipinski definition) is 5. The number of carbonyl (C=O) groups excluding carboxylic acids is 1. The molecule has 7 nitrogen and oxygen atoms in total. The summed E-state index contributed by atoms with van der Waals surface area (Å²) in [5, 5.41) is 5.93. The molecule has 4 fully saturated rings. The Hall–Kier alpha value is -1.93. The molecule has 0 spiro atoms. The van der Waals surface area contributed by atoms with Gasteiger partial charge in [0.05, 0.1) is 11.8 Å². The summed E-state index contributed by atoms with van der Waals surface area (Å²) in [7, 11) is -3.70.